The molecule has 3 atom stereocenters. The van der Waals surface area contributed by atoms with Gasteiger partial charge < -0.3 is 9.47 Å². The van der Waals surface area contributed by atoms with Gasteiger partial charge in [-0.2, -0.15) is 0 Å². The van der Waals surface area contributed by atoms with E-state index in [1.165, 1.54) is 32.1 Å². The zero-order chi connectivity index (χ0) is 12.7. The van der Waals surface area contributed by atoms with Crippen molar-refractivity contribution in [1.82, 2.24) is 0 Å². The lowest BCUT2D eigenvalue weighted by Crippen LogP contribution is -2.47. The first-order valence-corrected chi connectivity index (χ1v) is 7.47. The van der Waals surface area contributed by atoms with Crippen molar-refractivity contribution in [3.8, 4) is 0 Å². The number of hydrogen-bond acceptors (Lipinski definition) is 2. The van der Waals surface area contributed by atoms with Crippen LogP contribution in [-0.2, 0) is 9.47 Å². The summed E-state index contributed by atoms with van der Waals surface area (Å²) in [5, 5.41) is 0. The number of hydrogen-bond donors (Lipinski definition) is 0. The lowest BCUT2D eigenvalue weighted by molar-refractivity contribution is -0.306. The van der Waals surface area contributed by atoms with Crippen molar-refractivity contribution in [3.63, 3.8) is 0 Å². The number of ether oxygens (including phenoxy) is 2. The second kappa shape index (κ2) is 7.38. The molecule has 2 nitrogen and oxygen atoms in total. The Bertz CT molecular complexity index is 201. The van der Waals surface area contributed by atoms with Crippen LogP contribution in [0, 0.1) is 5.92 Å². The highest BCUT2D eigenvalue weighted by molar-refractivity contribution is 4.79. The van der Waals surface area contributed by atoms with Crippen LogP contribution < -0.4 is 0 Å². The zero-order valence-corrected chi connectivity index (χ0v) is 12.1. The molecule has 0 saturated carbocycles. The molecule has 0 radical (unpaired) electrons. The van der Waals surface area contributed by atoms with Gasteiger partial charge in [0.05, 0.1) is 12.7 Å². The molecule has 0 aromatic carbocycles. The molecule has 1 rings (SSSR count). The highest BCUT2D eigenvalue weighted by atomic mass is 16.7. The minimum atomic E-state index is -0.319. The summed E-state index contributed by atoms with van der Waals surface area (Å²) < 4.78 is 12.2. The van der Waals surface area contributed by atoms with Gasteiger partial charge in [0.25, 0.3) is 0 Å². The van der Waals surface area contributed by atoms with E-state index in [1.54, 1.807) is 0 Å². The molecule has 0 N–H and O–H groups in total. The molecule has 0 aromatic heterocycles. The third-order valence-electron chi connectivity index (χ3n) is 3.86. The molecule has 2 heteroatoms. The Morgan fingerprint density at radius 1 is 1.12 bits per heavy atom. The molecule has 0 unspecified atom stereocenters. The lowest BCUT2D eigenvalue weighted by Gasteiger charge is -2.43. The molecule has 0 bridgehead atoms. The molecule has 102 valence electrons. The third kappa shape index (κ3) is 4.59. The minimum absolute atomic E-state index is 0.319. The van der Waals surface area contributed by atoms with E-state index >= 15 is 0 Å². The Hall–Kier alpha value is -0.0800. The Morgan fingerprint density at radius 2 is 1.88 bits per heavy atom. The minimum Gasteiger partial charge on any atom is -0.350 e. The topological polar surface area (TPSA) is 18.5 Å². The molecule has 1 heterocycles. The van der Waals surface area contributed by atoms with Gasteiger partial charge in [0.1, 0.15) is 0 Å². The van der Waals surface area contributed by atoms with Crippen LogP contribution in [0.1, 0.15) is 72.6 Å². The maximum absolute atomic E-state index is 6.24. The largest absolute Gasteiger partial charge is 0.350 e. The summed E-state index contributed by atoms with van der Waals surface area (Å²) in [4.78, 5) is 0. The highest BCUT2D eigenvalue weighted by Crippen LogP contribution is 2.33. The third-order valence-corrected chi connectivity index (χ3v) is 3.86. The zero-order valence-electron chi connectivity index (χ0n) is 12.1. The van der Waals surface area contributed by atoms with Gasteiger partial charge in [-0.05, 0) is 26.2 Å². The van der Waals surface area contributed by atoms with E-state index in [2.05, 4.69) is 27.7 Å². The SMILES string of the molecule is CCCCC[C@]1(C)OC[C@@H](CC)[C@H](CCC)O1. The van der Waals surface area contributed by atoms with Gasteiger partial charge in [-0.15, -0.1) is 0 Å². The quantitative estimate of drug-likeness (QED) is 0.611. The van der Waals surface area contributed by atoms with Crippen LogP contribution in [0.25, 0.3) is 0 Å². The molecule has 1 saturated heterocycles. The summed E-state index contributed by atoms with van der Waals surface area (Å²) in [6.45, 7) is 9.71. The molecule has 0 aromatic rings. The standard InChI is InChI=1S/C15H30O2/c1-5-8-9-11-15(4)16-12-13(7-3)14(17-15)10-6-2/h13-14H,5-12H2,1-4H3/t13-,14+,15-/m1/s1. The van der Waals surface area contributed by atoms with Crippen LogP contribution in [-0.4, -0.2) is 18.5 Å². The maximum Gasteiger partial charge on any atom is 0.165 e. The van der Waals surface area contributed by atoms with Crippen LogP contribution in [0.5, 0.6) is 0 Å². The molecule has 1 aliphatic heterocycles. The number of unbranched alkanes of at least 4 members (excludes halogenated alkanes) is 2. The van der Waals surface area contributed by atoms with E-state index in [0.717, 1.165) is 19.4 Å². The normalized spacial score (nSPS) is 33.9. The second-order valence-corrected chi connectivity index (χ2v) is 5.52. The van der Waals surface area contributed by atoms with Crippen LogP contribution >= 0.6 is 0 Å². The van der Waals surface area contributed by atoms with Crippen molar-refractivity contribution >= 4 is 0 Å². The molecule has 0 aliphatic carbocycles. The summed E-state index contributed by atoms with van der Waals surface area (Å²) in [6.07, 6.45) is 8.72. The predicted octanol–water partition coefficient (Wildman–Crippen LogP) is 4.52. The van der Waals surface area contributed by atoms with Crippen molar-refractivity contribution in [2.75, 3.05) is 6.61 Å². The molecule has 0 amide bonds. The van der Waals surface area contributed by atoms with Gasteiger partial charge in [-0.25, -0.2) is 0 Å². The lowest BCUT2D eigenvalue weighted by atomic mass is 9.94. The summed E-state index contributed by atoms with van der Waals surface area (Å²) in [6, 6.07) is 0. The first kappa shape index (κ1) is 15.0. The van der Waals surface area contributed by atoms with Gasteiger partial charge in [0, 0.05) is 12.3 Å². The second-order valence-electron chi connectivity index (χ2n) is 5.52. The van der Waals surface area contributed by atoms with Crippen LogP contribution in [0.3, 0.4) is 0 Å². The van der Waals surface area contributed by atoms with Crippen LogP contribution in [0.15, 0.2) is 0 Å². The van der Waals surface area contributed by atoms with Crippen molar-refractivity contribution in [2.24, 2.45) is 5.92 Å². The first-order valence-electron chi connectivity index (χ1n) is 7.47. The fourth-order valence-corrected chi connectivity index (χ4v) is 2.63. The van der Waals surface area contributed by atoms with E-state index < -0.39 is 0 Å². The average molecular weight is 242 g/mol. The highest BCUT2D eigenvalue weighted by Gasteiger charge is 2.37. The van der Waals surface area contributed by atoms with E-state index in [4.69, 9.17) is 9.47 Å². The van der Waals surface area contributed by atoms with E-state index in [0.29, 0.717) is 12.0 Å². The van der Waals surface area contributed by atoms with Gasteiger partial charge in [-0.1, -0.05) is 40.0 Å². The Labute approximate surface area is 107 Å². The summed E-state index contributed by atoms with van der Waals surface area (Å²) >= 11 is 0. The monoisotopic (exact) mass is 242 g/mol. The molecule has 0 spiro atoms. The Kier molecular flexibility index (Phi) is 6.50. The summed E-state index contributed by atoms with van der Waals surface area (Å²) in [7, 11) is 0. The Morgan fingerprint density at radius 3 is 2.47 bits per heavy atom. The molecular weight excluding hydrogens is 212 g/mol. The van der Waals surface area contributed by atoms with E-state index in [1.807, 2.05) is 0 Å². The Balaban J connectivity index is 2.47. The molecular formula is C15H30O2. The van der Waals surface area contributed by atoms with Gasteiger partial charge in [0.2, 0.25) is 0 Å². The van der Waals surface area contributed by atoms with Crippen molar-refractivity contribution < 1.29 is 9.47 Å². The van der Waals surface area contributed by atoms with Crippen LogP contribution in [0.2, 0.25) is 0 Å². The fraction of sp³-hybridized carbons (Fsp3) is 1.00. The summed E-state index contributed by atoms with van der Waals surface area (Å²) in [5.41, 5.74) is 0. The first-order chi connectivity index (χ1) is 8.15. The van der Waals surface area contributed by atoms with Crippen molar-refractivity contribution in [1.29, 1.82) is 0 Å². The van der Waals surface area contributed by atoms with E-state index in [9.17, 15) is 0 Å². The fourth-order valence-electron chi connectivity index (χ4n) is 2.63. The molecule has 1 fully saturated rings. The number of rotatable bonds is 7. The summed E-state index contributed by atoms with van der Waals surface area (Å²) in [5.74, 6) is 0.273. The van der Waals surface area contributed by atoms with E-state index in [-0.39, 0.29) is 5.79 Å². The smallest absolute Gasteiger partial charge is 0.165 e. The van der Waals surface area contributed by atoms with Gasteiger partial charge in [0.15, 0.2) is 5.79 Å². The molecule has 1 aliphatic rings. The predicted molar refractivity (Wildman–Crippen MR) is 72.1 cm³/mol. The van der Waals surface area contributed by atoms with Crippen LogP contribution in [0.4, 0.5) is 0 Å². The van der Waals surface area contributed by atoms with Crippen molar-refractivity contribution in [2.45, 2.75) is 84.5 Å². The molecule has 17 heavy (non-hydrogen) atoms. The van der Waals surface area contributed by atoms with Crippen molar-refractivity contribution in [3.05, 3.63) is 0 Å². The average Bonchev–Trinajstić information content (AvgIpc) is 2.30. The van der Waals surface area contributed by atoms with Gasteiger partial charge in [-0.3, -0.25) is 0 Å². The van der Waals surface area contributed by atoms with Gasteiger partial charge >= 0.3 is 0 Å². The maximum atomic E-state index is 6.24.